The number of anilines is 1. The summed E-state index contributed by atoms with van der Waals surface area (Å²) in [5.74, 6) is -1.29. The van der Waals surface area contributed by atoms with E-state index in [1.54, 1.807) is 0 Å². The lowest BCUT2D eigenvalue weighted by molar-refractivity contribution is -0.274. The Morgan fingerprint density at radius 1 is 1.14 bits per heavy atom. The van der Waals surface area contributed by atoms with Crippen molar-refractivity contribution >= 4 is 21.5 Å². The Morgan fingerprint density at radius 3 is 2.36 bits per heavy atom. The zero-order valence-electron chi connectivity index (χ0n) is 14.6. The van der Waals surface area contributed by atoms with Crippen LogP contribution >= 0.6 is 0 Å². The number of benzene rings is 2. The van der Waals surface area contributed by atoms with Crippen LogP contribution in [0.2, 0.25) is 0 Å². The Hall–Kier alpha value is -2.82. The third-order valence-electron chi connectivity index (χ3n) is 3.37. The van der Waals surface area contributed by atoms with E-state index in [4.69, 9.17) is 5.73 Å². The van der Waals surface area contributed by atoms with Gasteiger partial charge in [-0.2, -0.15) is 0 Å². The van der Waals surface area contributed by atoms with E-state index in [-0.39, 0.29) is 18.3 Å². The molecule has 6 nitrogen and oxygen atoms in total. The van der Waals surface area contributed by atoms with Crippen molar-refractivity contribution in [3.05, 3.63) is 59.4 Å². The Morgan fingerprint density at radius 2 is 1.79 bits per heavy atom. The molecule has 0 aliphatic rings. The predicted octanol–water partition coefficient (Wildman–Crippen LogP) is 3.20. The molecule has 0 heterocycles. The normalized spacial score (nSPS) is 12.7. The van der Waals surface area contributed by atoms with Crippen molar-refractivity contribution in [3.63, 3.8) is 0 Å². The first-order chi connectivity index (χ1) is 12.9. The predicted molar refractivity (Wildman–Crippen MR) is 97.0 cm³/mol. The molecule has 28 heavy (non-hydrogen) atoms. The number of nitrogens with zero attached hydrogens (tertiary/aromatic N) is 1. The highest BCUT2D eigenvalue weighted by Gasteiger charge is 2.30. The average molecular weight is 419 g/mol. The van der Waals surface area contributed by atoms with Gasteiger partial charge in [-0.1, -0.05) is 6.07 Å². The summed E-state index contributed by atoms with van der Waals surface area (Å²) in [5, 5.41) is 2.66. The van der Waals surface area contributed by atoms with Crippen LogP contribution in [-0.4, -0.2) is 27.0 Å². The van der Waals surface area contributed by atoms with Crippen LogP contribution < -0.4 is 15.8 Å². The van der Waals surface area contributed by atoms with Gasteiger partial charge >= 0.3 is 6.36 Å². The van der Waals surface area contributed by atoms with E-state index in [9.17, 15) is 26.0 Å². The SMILES string of the molecule is CS(=O)(=O)Cc1ccc(F)cc1CN=C(N)Nc1ccc(OC(F)(F)F)cc1. The molecule has 152 valence electrons. The molecule has 0 bridgehead atoms. The first-order valence-electron chi connectivity index (χ1n) is 7.79. The van der Waals surface area contributed by atoms with Crippen LogP contribution in [-0.2, 0) is 22.1 Å². The minimum Gasteiger partial charge on any atom is -0.406 e. The van der Waals surface area contributed by atoms with E-state index in [1.807, 2.05) is 0 Å². The molecular weight excluding hydrogens is 402 g/mol. The van der Waals surface area contributed by atoms with Gasteiger partial charge in [-0.15, -0.1) is 13.2 Å². The van der Waals surface area contributed by atoms with Gasteiger partial charge in [0.15, 0.2) is 15.8 Å². The Bertz CT molecular complexity index is 959. The van der Waals surface area contributed by atoms with Crippen LogP contribution in [0.3, 0.4) is 0 Å². The highest BCUT2D eigenvalue weighted by molar-refractivity contribution is 7.89. The highest BCUT2D eigenvalue weighted by Crippen LogP contribution is 2.24. The van der Waals surface area contributed by atoms with Crippen molar-refractivity contribution in [2.75, 3.05) is 11.6 Å². The van der Waals surface area contributed by atoms with Gasteiger partial charge in [-0.25, -0.2) is 17.8 Å². The van der Waals surface area contributed by atoms with E-state index < -0.39 is 27.8 Å². The molecule has 0 unspecified atom stereocenters. The first-order valence-corrected chi connectivity index (χ1v) is 9.85. The monoisotopic (exact) mass is 419 g/mol. The molecule has 0 saturated carbocycles. The van der Waals surface area contributed by atoms with Crippen molar-refractivity contribution < 1.29 is 30.7 Å². The number of guanidine groups is 1. The molecule has 3 N–H and O–H groups in total. The van der Waals surface area contributed by atoms with Crippen molar-refractivity contribution in [1.82, 2.24) is 0 Å². The molecule has 0 amide bonds. The number of halogens is 4. The van der Waals surface area contributed by atoms with Gasteiger partial charge in [0.25, 0.3) is 0 Å². The lowest BCUT2D eigenvalue weighted by atomic mass is 10.1. The number of nitrogens with one attached hydrogen (secondary N) is 1. The lowest BCUT2D eigenvalue weighted by Crippen LogP contribution is -2.22. The summed E-state index contributed by atoms with van der Waals surface area (Å²) >= 11 is 0. The first kappa shape index (κ1) is 21.5. The fourth-order valence-corrected chi connectivity index (χ4v) is 3.11. The molecule has 2 aromatic carbocycles. The van der Waals surface area contributed by atoms with Gasteiger partial charge in [-0.05, 0) is 47.5 Å². The number of sulfone groups is 1. The Kier molecular flexibility index (Phi) is 6.49. The molecule has 0 saturated heterocycles. The van der Waals surface area contributed by atoms with Crippen LogP contribution in [0, 0.1) is 5.82 Å². The van der Waals surface area contributed by atoms with Crippen LogP contribution in [0.4, 0.5) is 23.2 Å². The molecule has 11 heteroatoms. The van der Waals surface area contributed by atoms with Gasteiger partial charge < -0.3 is 15.8 Å². The molecule has 2 rings (SSSR count). The fourth-order valence-electron chi connectivity index (χ4n) is 2.26. The van der Waals surface area contributed by atoms with Crippen LogP contribution in [0.1, 0.15) is 11.1 Å². The number of nitrogens with two attached hydrogens (primary N) is 1. The maximum atomic E-state index is 13.5. The molecule has 0 aromatic heterocycles. The smallest absolute Gasteiger partial charge is 0.406 e. The summed E-state index contributed by atoms with van der Waals surface area (Å²) in [5.41, 5.74) is 6.83. The minimum absolute atomic E-state index is 0.0842. The standard InChI is InChI=1S/C17H17F4N3O3S/c1-28(25,26)10-11-2-3-13(18)8-12(11)9-23-16(22)24-14-4-6-15(7-5-14)27-17(19,20)21/h2-8H,9-10H2,1H3,(H3,22,23,24). The zero-order valence-corrected chi connectivity index (χ0v) is 15.4. The van der Waals surface area contributed by atoms with Crippen LogP contribution in [0.25, 0.3) is 0 Å². The van der Waals surface area contributed by atoms with Crippen LogP contribution in [0.15, 0.2) is 47.5 Å². The topological polar surface area (TPSA) is 93.8 Å². The number of ether oxygens (including phenoxy) is 1. The molecule has 0 radical (unpaired) electrons. The molecule has 0 fully saturated rings. The van der Waals surface area contributed by atoms with Gasteiger partial charge in [0.05, 0.1) is 12.3 Å². The number of hydrogen-bond donors (Lipinski definition) is 2. The van der Waals surface area contributed by atoms with Crippen molar-refractivity contribution in [2.24, 2.45) is 10.7 Å². The third kappa shape index (κ3) is 7.43. The number of rotatable bonds is 6. The molecule has 0 atom stereocenters. The van der Waals surface area contributed by atoms with Gasteiger partial charge in [0, 0.05) is 11.9 Å². The Labute approximate surface area is 158 Å². The average Bonchev–Trinajstić information content (AvgIpc) is 2.54. The van der Waals surface area contributed by atoms with Crippen LogP contribution in [0.5, 0.6) is 5.75 Å². The molecule has 0 spiro atoms. The van der Waals surface area contributed by atoms with E-state index in [0.29, 0.717) is 16.8 Å². The second-order valence-electron chi connectivity index (χ2n) is 5.88. The fraction of sp³-hybridized carbons (Fsp3) is 0.235. The third-order valence-corrected chi connectivity index (χ3v) is 4.20. The largest absolute Gasteiger partial charge is 0.573 e. The number of aliphatic imine (C=N–C) groups is 1. The highest BCUT2D eigenvalue weighted by atomic mass is 32.2. The quantitative estimate of drug-likeness (QED) is 0.426. The van der Waals surface area contributed by atoms with E-state index in [2.05, 4.69) is 15.0 Å². The van der Waals surface area contributed by atoms with E-state index >= 15 is 0 Å². The van der Waals surface area contributed by atoms with Gasteiger partial charge in [-0.3, -0.25) is 0 Å². The molecule has 0 aliphatic heterocycles. The summed E-state index contributed by atoms with van der Waals surface area (Å²) in [7, 11) is -3.33. The van der Waals surface area contributed by atoms with Crippen molar-refractivity contribution in [2.45, 2.75) is 18.7 Å². The summed E-state index contributed by atoms with van der Waals surface area (Å²) in [6.07, 6.45) is -3.73. The maximum absolute atomic E-state index is 13.5. The second kappa shape index (κ2) is 8.46. The lowest BCUT2D eigenvalue weighted by Gasteiger charge is -2.11. The number of alkyl halides is 3. The molecule has 2 aromatic rings. The Balaban J connectivity index is 2.08. The van der Waals surface area contributed by atoms with E-state index in [1.165, 1.54) is 24.3 Å². The minimum atomic E-state index is -4.79. The van der Waals surface area contributed by atoms with Gasteiger partial charge in [0.2, 0.25) is 0 Å². The zero-order chi connectivity index (χ0) is 20.9. The van der Waals surface area contributed by atoms with E-state index in [0.717, 1.165) is 24.5 Å². The summed E-state index contributed by atoms with van der Waals surface area (Å²) < 4.78 is 76.6. The van der Waals surface area contributed by atoms with Crippen molar-refractivity contribution in [3.8, 4) is 5.75 Å². The molecule has 0 aliphatic carbocycles. The summed E-state index contributed by atoms with van der Waals surface area (Å²) in [6.45, 7) is -0.0866. The summed E-state index contributed by atoms with van der Waals surface area (Å²) in [6, 6.07) is 8.49. The maximum Gasteiger partial charge on any atom is 0.573 e. The van der Waals surface area contributed by atoms with Crippen molar-refractivity contribution in [1.29, 1.82) is 0 Å². The number of hydrogen-bond acceptors (Lipinski definition) is 4. The second-order valence-corrected chi connectivity index (χ2v) is 8.02. The van der Waals surface area contributed by atoms with Gasteiger partial charge in [0.1, 0.15) is 11.6 Å². The molecular formula is C17H17F4N3O3S. The summed E-state index contributed by atoms with van der Waals surface area (Å²) in [4.78, 5) is 4.01.